The second-order valence-electron chi connectivity index (χ2n) is 5.42. The molecule has 5 nitrogen and oxygen atoms in total. The number of halogens is 2. The number of benzene rings is 1. The van der Waals surface area contributed by atoms with Gasteiger partial charge in [0.1, 0.15) is 0 Å². The number of aromatic nitrogens is 1. The van der Waals surface area contributed by atoms with Crippen LogP contribution >= 0.6 is 0 Å². The largest absolute Gasteiger partial charge is 0.493 e. The van der Waals surface area contributed by atoms with Gasteiger partial charge >= 0.3 is 6.61 Å². The summed E-state index contributed by atoms with van der Waals surface area (Å²) in [7, 11) is 3.02. The molecular formula is C19H20F2N2O3. The summed E-state index contributed by atoms with van der Waals surface area (Å²) in [6, 6.07) is 10.3. The summed E-state index contributed by atoms with van der Waals surface area (Å²) < 4.78 is 34.8. The number of nitrogens with zero attached hydrogens (tertiary/aromatic N) is 2. The molecule has 0 bridgehead atoms. The molecule has 0 aliphatic carbocycles. The molecule has 0 N–H and O–H groups in total. The third-order valence-electron chi connectivity index (χ3n) is 3.65. The van der Waals surface area contributed by atoms with E-state index in [4.69, 9.17) is 4.74 Å². The summed E-state index contributed by atoms with van der Waals surface area (Å²) in [5.74, 6) is -0.194. The Hall–Kier alpha value is -2.96. The zero-order valence-electron chi connectivity index (χ0n) is 14.6. The highest BCUT2D eigenvalue weighted by Crippen LogP contribution is 2.33. The van der Waals surface area contributed by atoms with Gasteiger partial charge in [-0.25, -0.2) is 0 Å². The summed E-state index contributed by atoms with van der Waals surface area (Å²) in [6.45, 7) is -2.51. The van der Waals surface area contributed by atoms with Crippen LogP contribution in [0.2, 0.25) is 0 Å². The zero-order valence-corrected chi connectivity index (χ0v) is 14.6. The van der Waals surface area contributed by atoms with Gasteiger partial charge in [0.05, 0.1) is 7.11 Å². The highest BCUT2D eigenvalue weighted by molar-refractivity contribution is 5.92. The Kier molecular flexibility index (Phi) is 7.08. The lowest BCUT2D eigenvalue weighted by Gasteiger charge is -2.15. The van der Waals surface area contributed by atoms with Crippen molar-refractivity contribution in [2.24, 2.45) is 0 Å². The number of ether oxygens (including phenoxy) is 2. The van der Waals surface area contributed by atoms with Crippen LogP contribution in [-0.4, -0.2) is 43.1 Å². The van der Waals surface area contributed by atoms with Crippen LogP contribution in [0.3, 0.4) is 0 Å². The number of hydrogen-bond donors (Lipinski definition) is 0. The fraction of sp³-hybridized carbons (Fsp3) is 0.263. The van der Waals surface area contributed by atoms with E-state index in [1.54, 1.807) is 25.4 Å². The van der Waals surface area contributed by atoms with Crippen LogP contribution in [0.25, 0.3) is 6.08 Å². The summed E-state index contributed by atoms with van der Waals surface area (Å²) in [5, 5.41) is 0. The van der Waals surface area contributed by atoms with Gasteiger partial charge < -0.3 is 14.4 Å². The van der Waals surface area contributed by atoms with Crippen molar-refractivity contribution in [1.82, 2.24) is 9.88 Å². The van der Waals surface area contributed by atoms with Gasteiger partial charge in [-0.1, -0.05) is 18.2 Å². The van der Waals surface area contributed by atoms with Crippen molar-refractivity contribution in [3.63, 3.8) is 0 Å². The van der Waals surface area contributed by atoms with Crippen molar-refractivity contribution in [3.8, 4) is 11.5 Å². The van der Waals surface area contributed by atoms with Gasteiger partial charge in [0.15, 0.2) is 11.5 Å². The number of para-hydroxylation sites is 1. The van der Waals surface area contributed by atoms with E-state index in [9.17, 15) is 13.6 Å². The van der Waals surface area contributed by atoms with Crippen LogP contribution in [0.15, 0.2) is 48.7 Å². The first-order chi connectivity index (χ1) is 12.5. The second kappa shape index (κ2) is 9.50. The van der Waals surface area contributed by atoms with E-state index < -0.39 is 6.61 Å². The van der Waals surface area contributed by atoms with Crippen LogP contribution in [0.4, 0.5) is 8.78 Å². The normalized spacial score (nSPS) is 11.0. The molecule has 0 fully saturated rings. The Balaban J connectivity index is 2.04. The number of pyridine rings is 1. The fourth-order valence-corrected chi connectivity index (χ4v) is 2.27. The fourth-order valence-electron chi connectivity index (χ4n) is 2.27. The Morgan fingerprint density at radius 3 is 2.73 bits per heavy atom. The molecule has 0 saturated carbocycles. The number of rotatable bonds is 8. The molecule has 1 aromatic carbocycles. The number of hydrogen-bond acceptors (Lipinski definition) is 4. The van der Waals surface area contributed by atoms with Crippen LogP contribution in [0.5, 0.6) is 11.5 Å². The van der Waals surface area contributed by atoms with Gasteiger partial charge in [-0.05, 0) is 24.3 Å². The van der Waals surface area contributed by atoms with E-state index >= 15 is 0 Å². The highest BCUT2D eigenvalue weighted by Gasteiger charge is 2.14. The standard InChI is InChI=1S/C19H20F2N2O3/c1-23(13-11-15-7-3-4-12-22-15)17(24)10-9-14-6-5-8-16(25-2)18(14)26-19(20)21/h3-10,12,19H,11,13H2,1-2H3/b10-9+. The Morgan fingerprint density at radius 1 is 1.27 bits per heavy atom. The van der Waals surface area contributed by atoms with Crippen LogP contribution in [0.1, 0.15) is 11.3 Å². The summed E-state index contributed by atoms with van der Waals surface area (Å²) in [4.78, 5) is 18.0. The molecule has 0 unspecified atom stereocenters. The van der Waals surface area contributed by atoms with Gasteiger partial charge in [-0.2, -0.15) is 8.78 Å². The van der Waals surface area contributed by atoms with Crippen LogP contribution < -0.4 is 9.47 Å². The van der Waals surface area contributed by atoms with Crippen molar-refractivity contribution < 1.29 is 23.0 Å². The van der Waals surface area contributed by atoms with E-state index in [0.717, 1.165) is 5.69 Å². The molecule has 0 aliphatic rings. The monoisotopic (exact) mass is 362 g/mol. The number of methoxy groups -OCH3 is 1. The first-order valence-electron chi connectivity index (χ1n) is 7.96. The predicted molar refractivity (Wildman–Crippen MR) is 94.2 cm³/mol. The lowest BCUT2D eigenvalue weighted by Crippen LogP contribution is -2.27. The Labute approximate surface area is 150 Å². The summed E-state index contributed by atoms with van der Waals surface area (Å²) in [5.41, 5.74) is 1.22. The maximum atomic E-state index is 12.6. The van der Waals surface area contributed by atoms with Crippen molar-refractivity contribution in [2.45, 2.75) is 13.0 Å². The van der Waals surface area contributed by atoms with E-state index in [1.165, 1.54) is 30.2 Å². The molecule has 0 saturated heterocycles. The summed E-state index contributed by atoms with van der Waals surface area (Å²) >= 11 is 0. The topological polar surface area (TPSA) is 51.7 Å². The minimum atomic E-state index is -2.99. The molecule has 2 aromatic rings. The average molecular weight is 362 g/mol. The molecule has 0 atom stereocenters. The van der Waals surface area contributed by atoms with Gasteiger partial charge in [0.2, 0.25) is 5.91 Å². The molecule has 2 rings (SSSR count). The van der Waals surface area contributed by atoms with Crippen molar-refractivity contribution >= 4 is 12.0 Å². The highest BCUT2D eigenvalue weighted by atomic mass is 19.3. The van der Waals surface area contributed by atoms with E-state index in [2.05, 4.69) is 9.72 Å². The predicted octanol–water partition coefficient (Wildman–Crippen LogP) is 3.41. The van der Waals surface area contributed by atoms with E-state index in [1.807, 2.05) is 18.2 Å². The van der Waals surface area contributed by atoms with E-state index in [0.29, 0.717) is 18.5 Å². The molecule has 0 aliphatic heterocycles. The Morgan fingerprint density at radius 2 is 2.08 bits per heavy atom. The number of carbonyl (C=O) groups is 1. The van der Waals surface area contributed by atoms with Crippen molar-refractivity contribution in [2.75, 3.05) is 20.7 Å². The first-order valence-corrected chi connectivity index (χ1v) is 7.96. The lowest BCUT2D eigenvalue weighted by molar-refractivity contribution is -0.124. The van der Waals surface area contributed by atoms with Crippen molar-refractivity contribution in [3.05, 3.63) is 59.9 Å². The van der Waals surface area contributed by atoms with Crippen LogP contribution in [0, 0.1) is 0 Å². The van der Waals surface area contributed by atoms with Gasteiger partial charge in [-0.3, -0.25) is 9.78 Å². The molecule has 7 heteroatoms. The molecule has 1 amide bonds. The maximum Gasteiger partial charge on any atom is 0.387 e. The number of amides is 1. The number of likely N-dealkylation sites (N-methyl/N-ethyl adjacent to an activating group) is 1. The molecule has 138 valence electrons. The van der Waals surface area contributed by atoms with Gasteiger partial charge in [-0.15, -0.1) is 0 Å². The molecule has 1 aromatic heterocycles. The number of alkyl halides is 2. The molecule has 0 radical (unpaired) electrons. The summed E-state index contributed by atoms with van der Waals surface area (Å²) in [6.07, 6.45) is 5.06. The molecule has 1 heterocycles. The van der Waals surface area contributed by atoms with E-state index in [-0.39, 0.29) is 17.4 Å². The second-order valence-corrected chi connectivity index (χ2v) is 5.42. The molecule has 26 heavy (non-hydrogen) atoms. The minimum absolute atomic E-state index is 0.106. The van der Waals surface area contributed by atoms with Gasteiger partial charge in [0.25, 0.3) is 0 Å². The molecular weight excluding hydrogens is 342 g/mol. The van der Waals surface area contributed by atoms with Crippen molar-refractivity contribution in [1.29, 1.82) is 0 Å². The third kappa shape index (κ3) is 5.54. The lowest BCUT2D eigenvalue weighted by atomic mass is 10.1. The smallest absolute Gasteiger partial charge is 0.387 e. The third-order valence-corrected chi connectivity index (χ3v) is 3.65. The van der Waals surface area contributed by atoms with Gasteiger partial charge in [0, 0.05) is 43.5 Å². The Bertz CT molecular complexity index is 752. The maximum absolute atomic E-state index is 12.6. The SMILES string of the molecule is COc1cccc(/C=C/C(=O)N(C)CCc2ccccn2)c1OC(F)F. The molecule has 0 spiro atoms. The van der Waals surface area contributed by atoms with Crippen LogP contribution in [-0.2, 0) is 11.2 Å². The first kappa shape index (κ1) is 19.4. The average Bonchev–Trinajstić information content (AvgIpc) is 2.65. The minimum Gasteiger partial charge on any atom is -0.493 e. The quantitative estimate of drug-likeness (QED) is 0.676. The number of carbonyl (C=O) groups excluding carboxylic acids is 1. The zero-order chi connectivity index (χ0) is 18.9.